The van der Waals surface area contributed by atoms with E-state index in [0.29, 0.717) is 19.8 Å². The van der Waals surface area contributed by atoms with Crippen LogP contribution in [0.15, 0.2) is 65.7 Å². The molecule has 2 aliphatic rings. The first-order valence-electron chi connectivity index (χ1n) is 12.1. The third kappa shape index (κ3) is 4.55. The average Bonchev–Trinajstić information content (AvgIpc) is 2.91. The van der Waals surface area contributed by atoms with Gasteiger partial charge in [-0.25, -0.2) is 0 Å². The summed E-state index contributed by atoms with van der Waals surface area (Å²) in [6.07, 6.45) is 4.31. The lowest BCUT2D eigenvalue weighted by Gasteiger charge is -2.29. The fraction of sp³-hybridized carbons (Fsp3) is 0.250. The summed E-state index contributed by atoms with van der Waals surface area (Å²) in [5.41, 5.74) is 7.39. The minimum Gasteiger partial charge on any atom is -0.456 e. The zero-order valence-corrected chi connectivity index (χ0v) is 20.1. The molecule has 4 heterocycles. The largest absolute Gasteiger partial charge is 0.456 e. The molecule has 2 aromatic carbocycles. The lowest BCUT2D eigenvalue weighted by Crippen LogP contribution is -2.36. The summed E-state index contributed by atoms with van der Waals surface area (Å²) in [4.78, 5) is 26.4. The standard InChI is InChI=1S/C28H27N5O3/c1-18-15-30-22(16-29-18)17-31-21-5-6-26-20(12-21)11-19-3-2-4-24(28(19)36-26)25-13-23(14-27(34)32-25)33-7-9-35-10-8-33/h2-6,12-16,31H,7-11,17H2,1H3,(H,32,34). The van der Waals surface area contributed by atoms with E-state index in [2.05, 4.69) is 37.3 Å². The summed E-state index contributed by atoms with van der Waals surface area (Å²) in [7, 11) is 0. The van der Waals surface area contributed by atoms with Gasteiger partial charge in [-0.2, -0.15) is 0 Å². The molecule has 0 spiro atoms. The molecular formula is C28H27N5O3. The summed E-state index contributed by atoms with van der Waals surface area (Å²) in [5, 5.41) is 3.42. The van der Waals surface area contributed by atoms with Crippen molar-refractivity contribution in [1.82, 2.24) is 15.0 Å². The molecule has 0 bridgehead atoms. The Kier molecular flexibility index (Phi) is 5.87. The molecule has 182 valence electrons. The Hall–Kier alpha value is -4.17. The zero-order valence-electron chi connectivity index (χ0n) is 20.1. The molecule has 4 aromatic rings. The van der Waals surface area contributed by atoms with E-state index in [4.69, 9.17) is 9.47 Å². The Morgan fingerprint density at radius 2 is 1.92 bits per heavy atom. The molecule has 0 atom stereocenters. The number of aromatic amines is 1. The molecule has 0 saturated carbocycles. The van der Waals surface area contributed by atoms with Crippen molar-refractivity contribution >= 4 is 11.4 Å². The molecule has 0 amide bonds. The van der Waals surface area contributed by atoms with E-state index in [1.54, 1.807) is 18.5 Å². The number of hydrogen-bond acceptors (Lipinski definition) is 7. The van der Waals surface area contributed by atoms with Crippen LogP contribution in [0.2, 0.25) is 0 Å². The molecule has 36 heavy (non-hydrogen) atoms. The van der Waals surface area contributed by atoms with Gasteiger partial charge in [-0.1, -0.05) is 12.1 Å². The van der Waals surface area contributed by atoms with Crippen LogP contribution in [-0.4, -0.2) is 41.3 Å². The molecule has 1 fully saturated rings. The predicted molar refractivity (Wildman–Crippen MR) is 139 cm³/mol. The maximum atomic E-state index is 12.5. The van der Waals surface area contributed by atoms with Gasteiger partial charge in [0.15, 0.2) is 0 Å². The fourth-order valence-corrected chi connectivity index (χ4v) is 4.68. The van der Waals surface area contributed by atoms with Crippen molar-refractivity contribution in [1.29, 1.82) is 0 Å². The van der Waals surface area contributed by atoms with E-state index in [9.17, 15) is 4.79 Å². The number of nitrogens with one attached hydrogen (secondary N) is 2. The predicted octanol–water partition coefficient (Wildman–Crippen LogP) is 4.29. The number of hydrogen-bond donors (Lipinski definition) is 2. The fourth-order valence-electron chi connectivity index (χ4n) is 4.68. The number of fused-ring (bicyclic) bond motifs is 2. The zero-order chi connectivity index (χ0) is 24.5. The van der Waals surface area contributed by atoms with Crippen molar-refractivity contribution < 1.29 is 9.47 Å². The van der Waals surface area contributed by atoms with Gasteiger partial charge in [0, 0.05) is 54.3 Å². The highest BCUT2D eigenvalue weighted by Gasteiger charge is 2.22. The second-order valence-electron chi connectivity index (χ2n) is 9.11. The highest BCUT2D eigenvalue weighted by Crippen LogP contribution is 2.43. The summed E-state index contributed by atoms with van der Waals surface area (Å²) in [5.74, 6) is 1.61. The van der Waals surface area contributed by atoms with Crippen molar-refractivity contribution in [3.05, 3.63) is 93.8 Å². The van der Waals surface area contributed by atoms with Gasteiger partial charge in [-0.05, 0) is 42.8 Å². The highest BCUT2D eigenvalue weighted by molar-refractivity contribution is 5.74. The molecule has 8 heteroatoms. The van der Waals surface area contributed by atoms with Gasteiger partial charge in [0.1, 0.15) is 11.5 Å². The van der Waals surface area contributed by atoms with Crippen molar-refractivity contribution in [2.24, 2.45) is 0 Å². The molecule has 6 rings (SSSR count). The smallest absolute Gasteiger partial charge is 0.250 e. The van der Waals surface area contributed by atoms with Crippen molar-refractivity contribution in [3.8, 4) is 22.8 Å². The van der Waals surface area contributed by atoms with E-state index in [1.807, 2.05) is 37.3 Å². The molecule has 2 aromatic heterocycles. The summed E-state index contributed by atoms with van der Waals surface area (Å²) in [6.45, 7) is 5.39. The Balaban J connectivity index is 1.26. The minimum absolute atomic E-state index is 0.128. The number of benzene rings is 2. The molecule has 1 saturated heterocycles. The van der Waals surface area contributed by atoms with E-state index in [1.165, 1.54) is 0 Å². The van der Waals surface area contributed by atoms with Gasteiger partial charge in [0.2, 0.25) is 5.56 Å². The number of aryl methyl sites for hydroxylation is 1. The number of H-pyrrole nitrogens is 1. The molecule has 8 nitrogen and oxygen atoms in total. The SMILES string of the molecule is Cc1cnc(CNc2ccc3c(c2)Cc2cccc(-c4cc(N5CCOCC5)cc(=O)[nH]4)c2O3)cn1. The first kappa shape index (κ1) is 22.3. The maximum absolute atomic E-state index is 12.5. The highest BCUT2D eigenvalue weighted by atomic mass is 16.5. The second-order valence-corrected chi connectivity index (χ2v) is 9.11. The number of para-hydroxylation sites is 1. The van der Waals surface area contributed by atoms with Crippen LogP contribution in [0.4, 0.5) is 11.4 Å². The Labute approximate surface area is 209 Å². The summed E-state index contributed by atoms with van der Waals surface area (Å²) in [6, 6.07) is 15.9. The third-order valence-corrected chi connectivity index (χ3v) is 6.55. The van der Waals surface area contributed by atoms with Gasteiger partial charge in [-0.15, -0.1) is 0 Å². The van der Waals surface area contributed by atoms with Crippen LogP contribution in [0.3, 0.4) is 0 Å². The first-order valence-corrected chi connectivity index (χ1v) is 12.1. The Morgan fingerprint density at radius 1 is 1.03 bits per heavy atom. The number of rotatable bonds is 5. The van der Waals surface area contributed by atoms with Crippen LogP contribution < -0.4 is 20.5 Å². The van der Waals surface area contributed by atoms with Gasteiger partial charge in [-0.3, -0.25) is 14.8 Å². The Bertz CT molecular complexity index is 1460. The topological polar surface area (TPSA) is 92.4 Å². The third-order valence-electron chi connectivity index (χ3n) is 6.55. The quantitative estimate of drug-likeness (QED) is 0.387. The van der Waals surface area contributed by atoms with Crippen molar-refractivity contribution in [3.63, 3.8) is 0 Å². The van der Waals surface area contributed by atoms with Crippen LogP contribution >= 0.6 is 0 Å². The lowest BCUT2D eigenvalue weighted by molar-refractivity contribution is 0.122. The summed E-state index contributed by atoms with van der Waals surface area (Å²) < 4.78 is 11.9. The minimum atomic E-state index is -0.128. The molecule has 2 aliphatic heterocycles. The van der Waals surface area contributed by atoms with Gasteiger partial charge in [0.25, 0.3) is 0 Å². The van der Waals surface area contributed by atoms with E-state index < -0.39 is 0 Å². The van der Waals surface area contributed by atoms with Crippen LogP contribution in [0.5, 0.6) is 11.5 Å². The van der Waals surface area contributed by atoms with Crippen molar-refractivity contribution in [2.75, 3.05) is 36.5 Å². The van der Waals surface area contributed by atoms with Crippen LogP contribution in [0.1, 0.15) is 22.5 Å². The molecule has 0 aliphatic carbocycles. The molecule has 0 unspecified atom stereocenters. The van der Waals surface area contributed by atoms with Crippen LogP contribution in [-0.2, 0) is 17.7 Å². The number of anilines is 2. The van der Waals surface area contributed by atoms with Gasteiger partial charge in [0.05, 0.1) is 43.0 Å². The molecule has 2 N–H and O–H groups in total. The van der Waals surface area contributed by atoms with E-state index in [0.717, 1.165) is 76.2 Å². The second kappa shape index (κ2) is 9.47. The summed E-state index contributed by atoms with van der Waals surface area (Å²) >= 11 is 0. The molecular weight excluding hydrogens is 454 g/mol. The van der Waals surface area contributed by atoms with Crippen molar-refractivity contribution in [2.45, 2.75) is 19.9 Å². The number of morpholine rings is 1. The van der Waals surface area contributed by atoms with E-state index >= 15 is 0 Å². The monoisotopic (exact) mass is 481 g/mol. The maximum Gasteiger partial charge on any atom is 0.250 e. The number of aromatic nitrogens is 3. The van der Waals surface area contributed by atoms with Crippen LogP contribution in [0.25, 0.3) is 11.3 Å². The first-order chi connectivity index (χ1) is 17.6. The lowest BCUT2D eigenvalue weighted by atomic mass is 9.96. The normalized spacial score (nSPS) is 14.5. The number of ether oxygens (including phenoxy) is 2. The number of pyridine rings is 1. The Morgan fingerprint density at radius 3 is 2.75 bits per heavy atom. The average molecular weight is 482 g/mol. The van der Waals surface area contributed by atoms with Gasteiger partial charge >= 0.3 is 0 Å². The van der Waals surface area contributed by atoms with Crippen LogP contribution in [0, 0.1) is 6.92 Å². The van der Waals surface area contributed by atoms with E-state index in [-0.39, 0.29) is 5.56 Å². The van der Waals surface area contributed by atoms with Gasteiger partial charge < -0.3 is 24.7 Å². The number of nitrogens with zero attached hydrogens (tertiary/aromatic N) is 3. The molecule has 0 radical (unpaired) electrons.